The van der Waals surface area contributed by atoms with E-state index in [1.54, 1.807) is 0 Å². The molecule has 8 heteroatoms. The number of hydrogen-bond acceptors (Lipinski definition) is 4. The number of methoxy groups -OCH3 is 1. The van der Waals surface area contributed by atoms with Crippen LogP contribution in [0.3, 0.4) is 0 Å². The first-order valence-electron chi connectivity index (χ1n) is 6.04. The molecule has 114 valence electrons. The fraction of sp³-hybridized carbons (Fsp3) is 0.500. The van der Waals surface area contributed by atoms with E-state index in [1.165, 1.54) is 14.2 Å². The molecule has 0 bridgehead atoms. The predicted octanol–water partition coefficient (Wildman–Crippen LogP) is 0.999. The molecule has 5 nitrogen and oxygen atoms in total. The van der Waals surface area contributed by atoms with Gasteiger partial charge in [0, 0.05) is 32.4 Å². The third kappa shape index (κ3) is 4.20. The van der Waals surface area contributed by atoms with Crippen molar-refractivity contribution < 1.29 is 21.9 Å². The van der Waals surface area contributed by atoms with Crippen LogP contribution < -0.4 is 10.0 Å². The molecule has 0 aliphatic heterocycles. The summed E-state index contributed by atoms with van der Waals surface area (Å²) >= 11 is 0. The molecule has 20 heavy (non-hydrogen) atoms. The Balaban J connectivity index is 2.97. The third-order valence-corrected chi connectivity index (χ3v) is 4.09. The molecule has 1 aromatic carbocycles. The zero-order chi connectivity index (χ0) is 15.2. The van der Waals surface area contributed by atoms with E-state index in [0.29, 0.717) is 13.0 Å². The molecule has 1 aromatic rings. The molecule has 0 saturated carbocycles. The summed E-state index contributed by atoms with van der Waals surface area (Å²) in [5, 5.41) is 2.59. The van der Waals surface area contributed by atoms with Crippen molar-refractivity contribution in [2.75, 3.05) is 27.3 Å². The van der Waals surface area contributed by atoms with E-state index >= 15 is 0 Å². The standard InChI is InChI=1S/C12H18F2N2O3S/c1-15-8-9-10(13)4-5-11(12(9)14)20(17,18)16-6-3-7-19-2/h4-5,15-16H,3,6-8H2,1-2H3. The number of halogens is 2. The molecule has 0 aromatic heterocycles. The molecular weight excluding hydrogens is 290 g/mol. The first-order chi connectivity index (χ1) is 9.44. The molecule has 0 saturated heterocycles. The molecule has 0 unspecified atom stereocenters. The van der Waals surface area contributed by atoms with Gasteiger partial charge in [0.05, 0.1) is 0 Å². The van der Waals surface area contributed by atoms with Crippen LogP contribution in [-0.4, -0.2) is 35.7 Å². The van der Waals surface area contributed by atoms with Gasteiger partial charge in [-0.25, -0.2) is 21.9 Å². The summed E-state index contributed by atoms with van der Waals surface area (Å²) in [4.78, 5) is -0.554. The minimum Gasteiger partial charge on any atom is -0.385 e. The summed E-state index contributed by atoms with van der Waals surface area (Å²) in [6, 6.07) is 1.86. The summed E-state index contributed by atoms with van der Waals surface area (Å²) in [6.45, 7) is 0.415. The molecule has 0 aliphatic rings. The number of rotatable bonds is 8. The lowest BCUT2D eigenvalue weighted by molar-refractivity contribution is 0.196. The van der Waals surface area contributed by atoms with Crippen molar-refractivity contribution in [2.24, 2.45) is 0 Å². The van der Waals surface area contributed by atoms with E-state index in [0.717, 1.165) is 12.1 Å². The molecule has 1 rings (SSSR count). The predicted molar refractivity (Wildman–Crippen MR) is 70.8 cm³/mol. The smallest absolute Gasteiger partial charge is 0.243 e. The van der Waals surface area contributed by atoms with E-state index in [-0.39, 0.29) is 18.7 Å². The minimum atomic E-state index is -4.00. The Morgan fingerprint density at radius 2 is 2.00 bits per heavy atom. The molecule has 0 atom stereocenters. The highest BCUT2D eigenvalue weighted by Gasteiger charge is 2.22. The third-order valence-electron chi connectivity index (χ3n) is 2.61. The van der Waals surface area contributed by atoms with Crippen molar-refractivity contribution in [2.45, 2.75) is 17.9 Å². The quantitative estimate of drug-likeness (QED) is 0.703. The summed E-state index contributed by atoms with van der Waals surface area (Å²) in [5.41, 5.74) is -0.299. The van der Waals surface area contributed by atoms with Gasteiger partial charge in [-0.2, -0.15) is 0 Å². The lowest BCUT2D eigenvalue weighted by atomic mass is 10.2. The summed E-state index contributed by atoms with van der Waals surface area (Å²) < 4.78 is 58.4. The fourth-order valence-electron chi connectivity index (χ4n) is 1.62. The van der Waals surface area contributed by atoms with E-state index in [2.05, 4.69) is 10.0 Å². The largest absolute Gasteiger partial charge is 0.385 e. The van der Waals surface area contributed by atoms with Crippen molar-refractivity contribution >= 4 is 10.0 Å². The highest BCUT2D eigenvalue weighted by atomic mass is 32.2. The number of hydrogen-bond donors (Lipinski definition) is 2. The van der Waals surface area contributed by atoms with Gasteiger partial charge in [-0.05, 0) is 25.6 Å². The van der Waals surface area contributed by atoms with Gasteiger partial charge in [-0.3, -0.25) is 0 Å². The maximum atomic E-state index is 14.1. The Bertz CT molecular complexity index is 550. The first-order valence-corrected chi connectivity index (χ1v) is 7.52. The fourth-order valence-corrected chi connectivity index (χ4v) is 2.80. The average Bonchev–Trinajstić information content (AvgIpc) is 2.39. The second kappa shape index (κ2) is 7.63. The zero-order valence-electron chi connectivity index (χ0n) is 11.4. The summed E-state index contributed by atoms with van der Waals surface area (Å²) in [5.74, 6) is -1.85. The maximum Gasteiger partial charge on any atom is 0.243 e. The molecule has 0 fully saturated rings. The number of ether oxygens (including phenoxy) is 1. The van der Waals surface area contributed by atoms with Crippen molar-refractivity contribution in [1.29, 1.82) is 0 Å². The summed E-state index contributed by atoms with van der Waals surface area (Å²) in [7, 11) is -0.989. The molecular formula is C12H18F2N2O3S. The lowest BCUT2D eigenvalue weighted by Gasteiger charge is -2.11. The highest BCUT2D eigenvalue weighted by Crippen LogP contribution is 2.20. The second-order valence-corrected chi connectivity index (χ2v) is 5.85. The average molecular weight is 308 g/mol. The molecule has 0 aliphatic carbocycles. The summed E-state index contributed by atoms with van der Waals surface area (Å²) in [6.07, 6.45) is 0.460. The zero-order valence-corrected chi connectivity index (χ0v) is 12.2. The van der Waals surface area contributed by atoms with Crippen molar-refractivity contribution in [3.63, 3.8) is 0 Å². The van der Waals surface area contributed by atoms with Crippen LogP contribution in [0.25, 0.3) is 0 Å². The Labute approximate surface area is 117 Å². The van der Waals surface area contributed by atoms with E-state index in [9.17, 15) is 17.2 Å². The van der Waals surface area contributed by atoms with Gasteiger partial charge < -0.3 is 10.1 Å². The van der Waals surface area contributed by atoms with Gasteiger partial charge in [0.1, 0.15) is 10.7 Å². The molecule has 0 heterocycles. The Hall–Kier alpha value is -1.09. The molecule has 2 N–H and O–H groups in total. The van der Waals surface area contributed by atoms with Crippen molar-refractivity contribution in [3.05, 3.63) is 29.3 Å². The van der Waals surface area contributed by atoms with Crippen LogP contribution in [0.15, 0.2) is 17.0 Å². The van der Waals surface area contributed by atoms with Crippen LogP contribution in [0.5, 0.6) is 0 Å². The van der Waals surface area contributed by atoms with Crippen LogP contribution in [0.1, 0.15) is 12.0 Å². The van der Waals surface area contributed by atoms with Crippen molar-refractivity contribution in [3.8, 4) is 0 Å². The normalized spacial score (nSPS) is 11.8. The SMILES string of the molecule is CNCc1c(F)ccc(S(=O)(=O)NCCCOC)c1F. The highest BCUT2D eigenvalue weighted by molar-refractivity contribution is 7.89. The Morgan fingerprint density at radius 1 is 1.30 bits per heavy atom. The maximum absolute atomic E-state index is 14.1. The Morgan fingerprint density at radius 3 is 2.60 bits per heavy atom. The minimum absolute atomic E-state index is 0.0926. The first kappa shape index (κ1) is 17.0. The number of benzene rings is 1. The van der Waals surface area contributed by atoms with E-state index < -0.39 is 26.6 Å². The number of sulfonamides is 1. The van der Waals surface area contributed by atoms with Crippen LogP contribution in [0.4, 0.5) is 8.78 Å². The monoisotopic (exact) mass is 308 g/mol. The van der Waals surface area contributed by atoms with Crippen LogP contribution in [0, 0.1) is 11.6 Å². The van der Waals surface area contributed by atoms with Gasteiger partial charge in [0.2, 0.25) is 10.0 Å². The van der Waals surface area contributed by atoms with E-state index in [4.69, 9.17) is 4.74 Å². The van der Waals surface area contributed by atoms with Crippen LogP contribution in [0.2, 0.25) is 0 Å². The van der Waals surface area contributed by atoms with Gasteiger partial charge in [-0.1, -0.05) is 0 Å². The van der Waals surface area contributed by atoms with Crippen LogP contribution in [-0.2, 0) is 21.3 Å². The van der Waals surface area contributed by atoms with Gasteiger partial charge in [-0.15, -0.1) is 0 Å². The topological polar surface area (TPSA) is 67.4 Å². The molecule has 0 radical (unpaired) electrons. The van der Waals surface area contributed by atoms with Gasteiger partial charge in [0.25, 0.3) is 0 Å². The Kier molecular flexibility index (Phi) is 6.47. The van der Waals surface area contributed by atoms with Gasteiger partial charge >= 0.3 is 0 Å². The van der Waals surface area contributed by atoms with Gasteiger partial charge in [0.15, 0.2) is 5.82 Å². The lowest BCUT2D eigenvalue weighted by Crippen LogP contribution is -2.27. The van der Waals surface area contributed by atoms with Crippen molar-refractivity contribution in [1.82, 2.24) is 10.0 Å². The molecule has 0 spiro atoms. The van der Waals surface area contributed by atoms with E-state index in [1.807, 2.05) is 0 Å². The molecule has 0 amide bonds. The van der Waals surface area contributed by atoms with Crippen LogP contribution >= 0.6 is 0 Å². The number of nitrogens with one attached hydrogen (secondary N) is 2. The second-order valence-electron chi connectivity index (χ2n) is 4.11.